The molecule has 1 aromatic carbocycles. The van der Waals surface area contributed by atoms with Crippen LogP contribution >= 0.6 is 27.3 Å². The molecule has 0 aliphatic heterocycles. The summed E-state index contributed by atoms with van der Waals surface area (Å²) in [5, 5.41) is 5.57. The zero-order valence-electron chi connectivity index (χ0n) is 12.9. The van der Waals surface area contributed by atoms with Crippen molar-refractivity contribution in [2.24, 2.45) is 0 Å². The predicted octanol–water partition coefficient (Wildman–Crippen LogP) is 4.60. The fraction of sp³-hybridized carbons (Fsp3) is 0.412. The molecule has 1 N–H and O–H groups in total. The number of rotatable bonds is 7. The summed E-state index contributed by atoms with van der Waals surface area (Å²) in [6, 6.07) is 11.5. The second-order valence-electron chi connectivity index (χ2n) is 5.51. The lowest BCUT2D eigenvalue weighted by atomic mass is 10.0. The maximum absolute atomic E-state index is 3.51. The molecule has 0 aliphatic rings. The molecule has 0 fully saturated rings. The molecule has 2 rings (SSSR count). The zero-order chi connectivity index (χ0) is 15.2. The zero-order valence-corrected chi connectivity index (χ0v) is 15.3. The standard InChI is InChI=1S/C17H23BrN2S/c1-13-4-6-14(7-5-13)17(19-2)8-9-20(3)11-16-10-15(18)12-21-16/h4-7,10,12,17,19H,8-9,11H2,1-3H3. The smallest absolute Gasteiger partial charge is 0.0329 e. The third-order valence-electron chi connectivity index (χ3n) is 3.68. The van der Waals surface area contributed by atoms with E-state index in [1.807, 2.05) is 18.4 Å². The van der Waals surface area contributed by atoms with Crippen molar-refractivity contribution in [2.45, 2.75) is 25.9 Å². The number of nitrogens with one attached hydrogen (secondary N) is 1. The van der Waals surface area contributed by atoms with E-state index >= 15 is 0 Å². The Morgan fingerprint density at radius 2 is 2.00 bits per heavy atom. The topological polar surface area (TPSA) is 15.3 Å². The van der Waals surface area contributed by atoms with Crippen LogP contribution in [-0.4, -0.2) is 25.5 Å². The molecule has 0 amide bonds. The highest BCUT2D eigenvalue weighted by molar-refractivity contribution is 9.10. The van der Waals surface area contributed by atoms with Crippen LogP contribution in [0.5, 0.6) is 0 Å². The average molecular weight is 367 g/mol. The Morgan fingerprint density at radius 1 is 1.29 bits per heavy atom. The highest BCUT2D eigenvalue weighted by atomic mass is 79.9. The van der Waals surface area contributed by atoms with Gasteiger partial charge in [-0.25, -0.2) is 0 Å². The Hall–Kier alpha value is -0.680. The lowest BCUT2D eigenvalue weighted by Crippen LogP contribution is -2.25. The molecule has 0 saturated heterocycles. The van der Waals surface area contributed by atoms with Crippen molar-refractivity contribution in [3.8, 4) is 0 Å². The van der Waals surface area contributed by atoms with E-state index in [2.05, 4.69) is 75.8 Å². The summed E-state index contributed by atoms with van der Waals surface area (Å²) >= 11 is 5.33. The summed E-state index contributed by atoms with van der Waals surface area (Å²) in [6.07, 6.45) is 1.11. The van der Waals surface area contributed by atoms with Crippen molar-refractivity contribution in [3.63, 3.8) is 0 Å². The van der Waals surface area contributed by atoms with Gasteiger partial charge in [0.1, 0.15) is 0 Å². The predicted molar refractivity (Wildman–Crippen MR) is 95.9 cm³/mol. The largest absolute Gasteiger partial charge is 0.313 e. The van der Waals surface area contributed by atoms with Crippen LogP contribution in [0.1, 0.15) is 28.5 Å². The van der Waals surface area contributed by atoms with Crippen LogP contribution in [0.25, 0.3) is 0 Å². The van der Waals surface area contributed by atoms with Crippen LogP contribution in [0.2, 0.25) is 0 Å². The van der Waals surface area contributed by atoms with E-state index in [-0.39, 0.29) is 0 Å². The second kappa shape index (κ2) is 8.08. The van der Waals surface area contributed by atoms with Crippen LogP contribution in [0.4, 0.5) is 0 Å². The monoisotopic (exact) mass is 366 g/mol. The lowest BCUT2D eigenvalue weighted by molar-refractivity contribution is 0.306. The van der Waals surface area contributed by atoms with E-state index in [9.17, 15) is 0 Å². The Bertz CT molecular complexity index is 550. The minimum absolute atomic E-state index is 0.420. The highest BCUT2D eigenvalue weighted by Gasteiger charge is 2.11. The van der Waals surface area contributed by atoms with Crippen molar-refractivity contribution in [1.29, 1.82) is 0 Å². The van der Waals surface area contributed by atoms with Gasteiger partial charge in [0, 0.05) is 33.9 Å². The molecule has 1 aromatic heterocycles. The summed E-state index contributed by atoms with van der Waals surface area (Å²) in [5.41, 5.74) is 2.68. The third-order valence-corrected chi connectivity index (χ3v) is 5.36. The van der Waals surface area contributed by atoms with E-state index in [0.717, 1.165) is 19.5 Å². The minimum atomic E-state index is 0.420. The minimum Gasteiger partial charge on any atom is -0.313 e. The summed E-state index contributed by atoms with van der Waals surface area (Å²) in [7, 11) is 4.23. The summed E-state index contributed by atoms with van der Waals surface area (Å²) in [6.45, 7) is 4.22. The summed E-state index contributed by atoms with van der Waals surface area (Å²) < 4.78 is 1.18. The summed E-state index contributed by atoms with van der Waals surface area (Å²) in [4.78, 5) is 3.79. The first-order chi connectivity index (χ1) is 10.1. The van der Waals surface area contributed by atoms with Gasteiger partial charge in [-0.3, -0.25) is 0 Å². The van der Waals surface area contributed by atoms with Gasteiger partial charge < -0.3 is 10.2 Å². The molecule has 1 unspecified atom stereocenters. The molecule has 114 valence electrons. The summed E-state index contributed by atoms with van der Waals surface area (Å²) in [5.74, 6) is 0. The van der Waals surface area contributed by atoms with Gasteiger partial charge >= 0.3 is 0 Å². The molecule has 4 heteroatoms. The van der Waals surface area contributed by atoms with Gasteiger partial charge in [0.2, 0.25) is 0 Å². The molecule has 1 atom stereocenters. The first-order valence-electron chi connectivity index (χ1n) is 7.24. The van der Waals surface area contributed by atoms with Crippen molar-refractivity contribution < 1.29 is 0 Å². The van der Waals surface area contributed by atoms with Crippen molar-refractivity contribution >= 4 is 27.3 Å². The van der Waals surface area contributed by atoms with E-state index in [1.54, 1.807) is 0 Å². The molecule has 1 heterocycles. The van der Waals surface area contributed by atoms with Crippen LogP contribution in [-0.2, 0) is 6.54 Å². The molecule has 0 bridgehead atoms. The molecular formula is C17H23BrN2S. The van der Waals surface area contributed by atoms with Gasteiger partial charge in [0.25, 0.3) is 0 Å². The number of benzene rings is 1. The number of aryl methyl sites for hydroxylation is 1. The maximum atomic E-state index is 3.51. The fourth-order valence-electron chi connectivity index (χ4n) is 2.41. The van der Waals surface area contributed by atoms with Crippen LogP contribution in [0.15, 0.2) is 40.2 Å². The number of hydrogen-bond donors (Lipinski definition) is 1. The second-order valence-corrected chi connectivity index (χ2v) is 7.42. The van der Waals surface area contributed by atoms with Gasteiger partial charge in [-0.1, -0.05) is 29.8 Å². The molecular weight excluding hydrogens is 344 g/mol. The number of hydrogen-bond acceptors (Lipinski definition) is 3. The first-order valence-corrected chi connectivity index (χ1v) is 8.91. The quantitative estimate of drug-likeness (QED) is 0.769. The molecule has 2 nitrogen and oxygen atoms in total. The molecule has 2 aromatic rings. The van der Waals surface area contributed by atoms with E-state index in [4.69, 9.17) is 0 Å². The number of thiophene rings is 1. The average Bonchev–Trinajstić information content (AvgIpc) is 2.86. The van der Waals surface area contributed by atoms with Crippen LogP contribution < -0.4 is 5.32 Å². The van der Waals surface area contributed by atoms with Gasteiger partial charge in [0.15, 0.2) is 0 Å². The van der Waals surface area contributed by atoms with Gasteiger partial charge in [-0.2, -0.15) is 0 Å². The van der Waals surface area contributed by atoms with Crippen molar-refractivity contribution in [3.05, 3.63) is 56.2 Å². The lowest BCUT2D eigenvalue weighted by Gasteiger charge is -2.21. The molecule has 21 heavy (non-hydrogen) atoms. The Balaban J connectivity index is 1.86. The van der Waals surface area contributed by atoms with E-state index in [0.29, 0.717) is 6.04 Å². The van der Waals surface area contributed by atoms with Crippen LogP contribution in [0.3, 0.4) is 0 Å². The SMILES string of the molecule is CNC(CCN(C)Cc1cc(Br)cs1)c1ccc(C)cc1. The van der Waals surface area contributed by atoms with Gasteiger partial charge in [0.05, 0.1) is 0 Å². The van der Waals surface area contributed by atoms with Crippen molar-refractivity contribution in [2.75, 3.05) is 20.6 Å². The van der Waals surface area contributed by atoms with Crippen LogP contribution in [0, 0.1) is 6.92 Å². The van der Waals surface area contributed by atoms with E-state index < -0.39 is 0 Å². The maximum Gasteiger partial charge on any atom is 0.0329 e. The molecule has 0 radical (unpaired) electrons. The van der Waals surface area contributed by atoms with Gasteiger partial charge in [-0.15, -0.1) is 11.3 Å². The highest BCUT2D eigenvalue weighted by Crippen LogP contribution is 2.22. The van der Waals surface area contributed by atoms with Crippen molar-refractivity contribution in [1.82, 2.24) is 10.2 Å². The fourth-order valence-corrected chi connectivity index (χ4v) is 3.94. The Morgan fingerprint density at radius 3 is 2.57 bits per heavy atom. The van der Waals surface area contributed by atoms with Gasteiger partial charge in [-0.05, 0) is 55.0 Å². The third kappa shape index (κ3) is 5.22. The number of nitrogens with zero attached hydrogens (tertiary/aromatic N) is 1. The normalized spacial score (nSPS) is 12.8. The Labute approximate surface area is 140 Å². The first kappa shape index (κ1) is 16.7. The molecule has 0 spiro atoms. The van der Waals surface area contributed by atoms with E-state index in [1.165, 1.54) is 20.5 Å². The number of halogens is 1. The molecule has 0 aliphatic carbocycles. The molecule has 0 saturated carbocycles. The Kier molecular flexibility index (Phi) is 6.42.